The normalized spacial score (nSPS) is 19.1. The van der Waals surface area contributed by atoms with Crippen molar-refractivity contribution in [2.45, 2.75) is 44.2 Å². The number of rotatable bonds is 5. The number of hydrogen-bond acceptors (Lipinski definition) is 4. The van der Waals surface area contributed by atoms with Crippen molar-refractivity contribution in [1.82, 2.24) is 0 Å². The molecule has 21 heavy (non-hydrogen) atoms. The number of halogens is 1. The lowest BCUT2D eigenvalue weighted by Gasteiger charge is -2.31. The average molecular weight is 358 g/mol. The van der Waals surface area contributed by atoms with Gasteiger partial charge in [-0.15, -0.1) is 0 Å². The molecular weight excluding hydrogens is 334 g/mol. The summed E-state index contributed by atoms with van der Waals surface area (Å²) in [6.45, 7) is 0. The van der Waals surface area contributed by atoms with Crippen molar-refractivity contribution in [2.24, 2.45) is 11.7 Å². The number of benzene rings is 1. The monoisotopic (exact) mass is 357 g/mol. The molecule has 0 saturated heterocycles. The van der Waals surface area contributed by atoms with E-state index < -0.39 is 12.1 Å². The highest BCUT2D eigenvalue weighted by Gasteiger charge is 2.29. The Hall–Kier alpha value is -0.780. The summed E-state index contributed by atoms with van der Waals surface area (Å²) in [5.74, 6) is 1.63. The van der Waals surface area contributed by atoms with Crippen LogP contribution in [0.4, 0.5) is 0 Å². The van der Waals surface area contributed by atoms with E-state index in [9.17, 15) is 5.11 Å². The van der Waals surface area contributed by atoms with Crippen molar-refractivity contribution >= 4 is 15.9 Å². The van der Waals surface area contributed by atoms with Crippen molar-refractivity contribution in [1.29, 1.82) is 0 Å². The fourth-order valence-electron chi connectivity index (χ4n) is 3.10. The molecule has 0 bridgehead atoms. The van der Waals surface area contributed by atoms with Gasteiger partial charge >= 0.3 is 0 Å². The second kappa shape index (κ2) is 7.47. The van der Waals surface area contributed by atoms with Crippen LogP contribution in [-0.4, -0.2) is 25.4 Å². The Balaban J connectivity index is 2.26. The number of aliphatic hydroxyl groups excluding tert-OH is 1. The number of nitrogens with two attached hydrogens (primary N) is 1. The Morgan fingerprint density at radius 3 is 2.33 bits per heavy atom. The maximum Gasteiger partial charge on any atom is 0.133 e. The second-order valence-corrected chi connectivity index (χ2v) is 6.50. The van der Waals surface area contributed by atoms with Gasteiger partial charge < -0.3 is 20.3 Å². The zero-order valence-electron chi connectivity index (χ0n) is 12.6. The van der Waals surface area contributed by atoms with Gasteiger partial charge in [-0.1, -0.05) is 19.3 Å². The summed E-state index contributed by atoms with van der Waals surface area (Å²) in [7, 11) is 3.22. The van der Waals surface area contributed by atoms with Crippen LogP contribution >= 0.6 is 15.9 Å². The Bertz CT molecular complexity index is 475. The molecule has 1 aromatic carbocycles. The lowest BCUT2D eigenvalue weighted by Crippen LogP contribution is -2.34. The third-order valence-electron chi connectivity index (χ3n) is 4.36. The third-order valence-corrected chi connectivity index (χ3v) is 4.98. The number of aliphatic hydroxyl groups is 1. The van der Waals surface area contributed by atoms with E-state index in [4.69, 9.17) is 15.2 Å². The predicted molar refractivity (Wildman–Crippen MR) is 86.8 cm³/mol. The van der Waals surface area contributed by atoms with Crippen LogP contribution in [0.25, 0.3) is 0 Å². The van der Waals surface area contributed by atoms with E-state index in [1.165, 1.54) is 19.3 Å². The van der Waals surface area contributed by atoms with E-state index in [1.807, 2.05) is 12.1 Å². The number of ether oxygens (including phenoxy) is 2. The quantitative estimate of drug-likeness (QED) is 0.847. The van der Waals surface area contributed by atoms with Crippen LogP contribution in [0.2, 0.25) is 0 Å². The molecular formula is C16H24BrNO3. The molecule has 0 heterocycles. The molecule has 0 radical (unpaired) electrons. The fourth-order valence-corrected chi connectivity index (χ4v) is 3.58. The molecule has 0 unspecified atom stereocenters. The molecule has 0 spiro atoms. The minimum Gasteiger partial charge on any atom is -0.496 e. The van der Waals surface area contributed by atoms with Crippen molar-refractivity contribution in [3.8, 4) is 11.5 Å². The van der Waals surface area contributed by atoms with Gasteiger partial charge in [-0.2, -0.15) is 0 Å². The molecule has 4 nitrogen and oxygen atoms in total. The van der Waals surface area contributed by atoms with Crippen molar-refractivity contribution in [3.63, 3.8) is 0 Å². The zero-order chi connectivity index (χ0) is 15.4. The first-order chi connectivity index (χ1) is 10.1. The maximum absolute atomic E-state index is 10.6. The summed E-state index contributed by atoms with van der Waals surface area (Å²) in [6.07, 6.45) is 5.15. The molecule has 1 aromatic rings. The molecule has 2 atom stereocenters. The van der Waals surface area contributed by atoms with Crippen molar-refractivity contribution < 1.29 is 14.6 Å². The van der Waals surface area contributed by atoms with E-state index in [2.05, 4.69) is 15.9 Å². The molecule has 1 saturated carbocycles. The topological polar surface area (TPSA) is 64.7 Å². The predicted octanol–water partition coefficient (Wildman–Crippen LogP) is 3.41. The molecule has 2 rings (SSSR count). The van der Waals surface area contributed by atoms with Crippen LogP contribution in [0.3, 0.4) is 0 Å². The summed E-state index contributed by atoms with van der Waals surface area (Å²) >= 11 is 3.44. The minimum atomic E-state index is -0.551. The third kappa shape index (κ3) is 3.71. The van der Waals surface area contributed by atoms with Crippen LogP contribution in [0.1, 0.15) is 43.7 Å². The molecule has 3 N–H and O–H groups in total. The maximum atomic E-state index is 10.6. The smallest absolute Gasteiger partial charge is 0.133 e. The van der Waals surface area contributed by atoms with Crippen LogP contribution < -0.4 is 15.2 Å². The van der Waals surface area contributed by atoms with E-state index in [0.29, 0.717) is 11.5 Å². The summed E-state index contributed by atoms with van der Waals surface area (Å²) in [6, 6.07) is 3.21. The van der Waals surface area contributed by atoms with Gasteiger partial charge in [-0.05, 0) is 46.8 Å². The molecule has 118 valence electrons. The Kier molecular flexibility index (Phi) is 5.90. The Morgan fingerprint density at radius 2 is 1.76 bits per heavy atom. The highest BCUT2D eigenvalue weighted by molar-refractivity contribution is 9.10. The minimum absolute atomic E-state index is 0.271. The van der Waals surface area contributed by atoms with Gasteiger partial charge in [-0.3, -0.25) is 0 Å². The van der Waals surface area contributed by atoms with Gasteiger partial charge in [-0.25, -0.2) is 0 Å². The summed E-state index contributed by atoms with van der Waals surface area (Å²) in [5.41, 5.74) is 7.11. The molecule has 0 aromatic heterocycles. The summed E-state index contributed by atoms with van der Waals surface area (Å²) in [5, 5.41) is 10.6. The highest BCUT2D eigenvalue weighted by Crippen LogP contribution is 2.38. The Labute approximate surface area is 134 Å². The average Bonchev–Trinajstić information content (AvgIpc) is 2.54. The number of hydrogen-bond donors (Lipinski definition) is 2. The van der Waals surface area contributed by atoms with E-state index in [-0.39, 0.29) is 5.92 Å². The summed E-state index contributed by atoms with van der Waals surface area (Å²) in [4.78, 5) is 0. The zero-order valence-corrected chi connectivity index (χ0v) is 14.2. The molecule has 5 heteroatoms. The van der Waals surface area contributed by atoms with Gasteiger partial charge in [0, 0.05) is 5.56 Å². The largest absolute Gasteiger partial charge is 0.496 e. The Morgan fingerprint density at radius 1 is 1.14 bits per heavy atom. The molecule has 1 fully saturated rings. The first-order valence-corrected chi connectivity index (χ1v) is 8.22. The fraction of sp³-hybridized carbons (Fsp3) is 0.625. The van der Waals surface area contributed by atoms with Crippen LogP contribution in [-0.2, 0) is 0 Å². The number of methoxy groups -OCH3 is 2. The lowest BCUT2D eigenvalue weighted by molar-refractivity contribution is 0.0610. The summed E-state index contributed by atoms with van der Waals surface area (Å²) < 4.78 is 11.5. The molecule has 0 amide bonds. The highest BCUT2D eigenvalue weighted by atomic mass is 79.9. The first kappa shape index (κ1) is 16.6. The van der Waals surface area contributed by atoms with Gasteiger partial charge in [0.25, 0.3) is 0 Å². The van der Waals surface area contributed by atoms with Gasteiger partial charge in [0.15, 0.2) is 0 Å². The van der Waals surface area contributed by atoms with Crippen LogP contribution in [0, 0.1) is 5.92 Å². The van der Waals surface area contributed by atoms with E-state index in [1.54, 1.807) is 14.2 Å². The SMILES string of the molecule is COc1cc([C@@H](N)[C@@H](O)C2CCCCC2)c(OC)cc1Br. The van der Waals surface area contributed by atoms with Crippen molar-refractivity contribution in [2.75, 3.05) is 14.2 Å². The van der Waals surface area contributed by atoms with E-state index >= 15 is 0 Å². The van der Waals surface area contributed by atoms with Crippen LogP contribution in [0.15, 0.2) is 16.6 Å². The second-order valence-electron chi connectivity index (χ2n) is 5.64. The van der Waals surface area contributed by atoms with Gasteiger partial charge in [0.05, 0.1) is 30.8 Å². The van der Waals surface area contributed by atoms with Gasteiger partial charge in [0.2, 0.25) is 0 Å². The van der Waals surface area contributed by atoms with E-state index in [0.717, 1.165) is 22.9 Å². The first-order valence-electron chi connectivity index (χ1n) is 7.43. The van der Waals surface area contributed by atoms with Crippen LogP contribution in [0.5, 0.6) is 11.5 Å². The van der Waals surface area contributed by atoms with Gasteiger partial charge in [0.1, 0.15) is 11.5 Å². The lowest BCUT2D eigenvalue weighted by atomic mass is 9.81. The molecule has 1 aliphatic rings. The molecule has 0 aliphatic heterocycles. The standard InChI is InChI=1S/C16H24BrNO3/c1-20-13-9-12(17)14(21-2)8-11(13)15(18)16(19)10-6-4-3-5-7-10/h8-10,15-16,19H,3-7,18H2,1-2H3/t15-,16+/m1/s1. The molecule has 1 aliphatic carbocycles. The van der Waals surface area contributed by atoms with Crippen molar-refractivity contribution in [3.05, 3.63) is 22.2 Å².